The topological polar surface area (TPSA) is 114 Å². The fraction of sp³-hybridized carbons (Fsp3) is 0.682. The van der Waals surface area contributed by atoms with E-state index in [1.54, 1.807) is 12.7 Å². The summed E-state index contributed by atoms with van der Waals surface area (Å²) in [6.07, 6.45) is 6.68. The molecular formula is C22H35N8O3P. The molecule has 3 unspecified atom stereocenters. The molecule has 12 heteroatoms. The second kappa shape index (κ2) is 12.5. The molecule has 0 aromatic carbocycles. The minimum atomic E-state index is -1.29. The number of nitriles is 1. The van der Waals surface area contributed by atoms with Gasteiger partial charge >= 0.3 is 0 Å². The van der Waals surface area contributed by atoms with Crippen LogP contribution in [0.15, 0.2) is 17.6 Å². The van der Waals surface area contributed by atoms with Gasteiger partial charge in [-0.2, -0.15) is 5.26 Å². The van der Waals surface area contributed by atoms with Crippen LogP contribution in [-0.2, 0) is 13.8 Å². The van der Waals surface area contributed by atoms with Crippen LogP contribution in [0.2, 0.25) is 0 Å². The summed E-state index contributed by atoms with van der Waals surface area (Å²) in [4.78, 5) is 19.4. The maximum atomic E-state index is 8.88. The quantitative estimate of drug-likeness (QED) is 0.188. The standard InChI is InChI=1S/C22H35N8O3P/c1-16(2)30(17(3)4)34(31-11-7-10-23)32-12-18-8-9-19(33-18)29-15-26-20-21(27-14-28(5)6)24-13-25-22(20)29/h13-19H,7-9,11-12H2,1-6H3/b27-14-. The molecule has 0 amide bonds. The number of hydrogen-bond donors (Lipinski definition) is 0. The third-order valence-electron chi connectivity index (χ3n) is 5.18. The maximum Gasteiger partial charge on any atom is 0.259 e. The lowest BCUT2D eigenvalue weighted by Crippen LogP contribution is -2.34. The highest BCUT2D eigenvalue weighted by Crippen LogP contribution is 2.46. The van der Waals surface area contributed by atoms with Crippen LogP contribution >= 0.6 is 8.53 Å². The van der Waals surface area contributed by atoms with Gasteiger partial charge in [-0.05, 0) is 40.5 Å². The van der Waals surface area contributed by atoms with Crippen LogP contribution in [0.1, 0.15) is 53.2 Å². The Balaban J connectivity index is 1.66. The van der Waals surface area contributed by atoms with Gasteiger partial charge in [0.25, 0.3) is 8.53 Å². The Morgan fingerprint density at radius 1 is 1.24 bits per heavy atom. The molecule has 0 bridgehead atoms. The van der Waals surface area contributed by atoms with Crippen LogP contribution in [0.25, 0.3) is 11.2 Å². The van der Waals surface area contributed by atoms with Gasteiger partial charge in [-0.25, -0.2) is 24.6 Å². The van der Waals surface area contributed by atoms with Crippen LogP contribution in [0.5, 0.6) is 0 Å². The maximum absolute atomic E-state index is 8.88. The van der Waals surface area contributed by atoms with Crippen molar-refractivity contribution in [1.29, 1.82) is 5.26 Å². The summed E-state index contributed by atoms with van der Waals surface area (Å²) in [5.74, 6) is 0.526. The average Bonchev–Trinajstić information content (AvgIpc) is 3.42. The third-order valence-corrected chi connectivity index (χ3v) is 7.25. The Bertz CT molecular complexity index is 982. The van der Waals surface area contributed by atoms with Crippen LogP contribution in [0.4, 0.5) is 5.82 Å². The van der Waals surface area contributed by atoms with Crippen LogP contribution in [-0.4, -0.2) is 80.9 Å². The zero-order valence-corrected chi connectivity index (χ0v) is 21.7. The van der Waals surface area contributed by atoms with Gasteiger partial charge < -0.3 is 18.7 Å². The van der Waals surface area contributed by atoms with Crippen LogP contribution < -0.4 is 0 Å². The highest BCUT2D eigenvalue weighted by Gasteiger charge is 2.32. The number of imidazole rings is 1. The van der Waals surface area contributed by atoms with Gasteiger partial charge in [-0.3, -0.25) is 4.57 Å². The summed E-state index contributed by atoms with van der Waals surface area (Å²) in [7, 11) is 2.51. The monoisotopic (exact) mass is 490 g/mol. The summed E-state index contributed by atoms with van der Waals surface area (Å²) in [5.41, 5.74) is 1.34. The Kier molecular flexibility index (Phi) is 9.68. The zero-order chi connectivity index (χ0) is 24.7. The molecule has 3 rings (SSSR count). The molecule has 0 aliphatic carbocycles. The summed E-state index contributed by atoms with van der Waals surface area (Å²) in [5, 5.41) is 8.88. The first-order valence-corrected chi connectivity index (χ1v) is 12.7. The van der Waals surface area contributed by atoms with Crippen molar-refractivity contribution in [3.8, 4) is 6.07 Å². The molecule has 3 heterocycles. The van der Waals surface area contributed by atoms with Gasteiger partial charge in [0.1, 0.15) is 12.6 Å². The van der Waals surface area contributed by atoms with E-state index < -0.39 is 8.53 Å². The van der Waals surface area contributed by atoms with E-state index in [9.17, 15) is 0 Å². The fourth-order valence-corrected chi connectivity index (χ4v) is 5.43. The van der Waals surface area contributed by atoms with E-state index in [2.05, 4.69) is 58.4 Å². The van der Waals surface area contributed by atoms with Crippen molar-refractivity contribution in [1.82, 2.24) is 29.1 Å². The summed E-state index contributed by atoms with van der Waals surface area (Å²) >= 11 is 0. The number of aromatic nitrogens is 4. The molecule has 3 atom stereocenters. The van der Waals surface area contributed by atoms with Gasteiger partial charge in [0.15, 0.2) is 17.0 Å². The predicted molar refractivity (Wildman–Crippen MR) is 131 cm³/mol. The lowest BCUT2D eigenvalue weighted by molar-refractivity contribution is -0.0187. The van der Waals surface area contributed by atoms with Crippen LogP contribution in [0, 0.1) is 11.3 Å². The Morgan fingerprint density at radius 3 is 2.68 bits per heavy atom. The van der Waals surface area contributed by atoms with E-state index in [0.29, 0.717) is 36.6 Å². The summed E-state index contributed by atoms with van der Waals surface area (Å²) in [6.45, 7) is 9.26. The Morgan fingerprint density at radius 2 is 2.00 bits per heavy atom. The molecule has 186 valence electrons. The second-order valence-electron chi connectivity index (χ2n) is 8.86. The first-order chi connectivity index (χ1) is 16.3. The molecule has 2 aromatic rings. The van der Waals surface area contributed by atoms with Gasteiger partial charge in [0, 0.05) is 26.2 Å². The molecule has 1 aliphatic heterocycles. The molecule has 34 heavy (non-hydrogen) atoms. The van der Waals surface area contributed by atoms with E-state index in [1.807, 2.05) is 23.6 Å². The van der Waals surface area contributed by atoms with E-state index >= 15 is 0 Å². The number of fused-ring (bicyclic) bond motifs is 1. The van der Waals surface area contributed by atoms with Crippen molar-refractivity contribution < 1.29 is 13.8 Å². The van der Waals surface area contributed by atoms with Gasteiger partial charge in [-0.1, -0.05) is 0 Å². The molecule has 1 saturated heterocycles. The molecule has 0 radical (unpaired) electrons. The molecule has 0 saturated carbocycles. The Hall–Kier alpha value is -2.22. The lowest BCUT2D eigenvalue weighted by Gasteiger charge is -2.36. The number of nitrogens with zero attached hydrogens (tertiary/aromatic N) is 8. The predicted octanol–water partition coefficient (Wildman–Crippen LogP) is 4.02. The van der Waals surface area contributed by atoms with Crippen molar-refractivity contribution >= 4 is 31.8 Å². The molecule has 0 spiro atoms. The first-order valence-electron chi connectivity index (χ1n) is 11.6. The molecular weight excluding hydrogens is 455 g/mol. The molecule has 1 aliphatic rings. The smallest absolute Gasteiger partial charge is 0.259 e. The SMILES string of the molecule is CC(C)N(C(C)C)P(OCCC#N)OCC1CCC(n2cnc3c(/N=C\N(C)C)ncnc32)O1. The zero-order valence-electron chi connectivity index (χ0n) is 20.8. The fourth-order valence-electron chi connectivity index (χ4n) is 3.79. The lowest BCUT2D eigenvalue weighted by atomic mass is 10.2. The van der Waals surface area contributed by atoms with Gasteiger partial charge in [-0.15, -0.1) is 0 Å². The third kappa shape index (κ3) is 6.68. The molecule has 0 N–H and O–H groups in total. The van der Waals surface area contributed by atoms with Crippen molar-refractivity contribution in [2.24, 2.45) is 4.99 Å². The highest BCUT2D eigenvalue weighted by atomic mass is 31.2. The van der Waals surface area contributed by atoms with E-state index in [-0.39, 0.29) is 24.4 Å². The normalized spacial score (nSPS) is 19.6. The van der Waals surface area contributed by atoms with Crippen LogP contribution in [0.3, 0.4) is 0 Å². The minimum Gasteiger partial charge on any atom is -0.369 e. The van der Waals surface area contributed by atoms with E-state index in [1.165, 1.54) is 6.33 Å². The molecule has 2 aromatic heterocycles. The Labute approximate surface area is 202 Å². The first kappa shape index (κ1) is 26.4. The van der Waals surface area contributed by atoms with Crippen molar-refractivity contribution in [2.75, 3.05) is 27.3 Å². The van der Waals surface area contributed by atoms with Gasteiger partial charge in [0.2, 0.25) is 0 Å². The van der Waals surface area contributed by atoms with Crippen molar-refractivity contribution in [2.45, 2.75) is 71.4 Å². The number of ether oxygens (including phenoxy) is 1. The highest BCUT2D eigenvalue weighted by molar-refractivity contribution is 7.44. The number of aliphatic imine (C=N–C) groups is 1. The molecule has 11 nitrogen and oxygen atoms in total. The summed E-state index contributed by atoms with van der Waals surface area (Å²) in [6, 6.07) is 2.64. The minimum absolute atomic E-state index is 0.0683. The second-order valence-corrected chi connectivity index (χ2v) is 10.3. The number of rotatable bonds is 12. The van der Waals surface area contributed by atoms with Crippen molar-refractivity contribution in [3.05, 3.63) is 12.7 Å². The van der Waals surface area contributed by atoms with Gasteiger partial charge in [0.05, 0.1) is 44.5 Å². The van der Waals surface area contributed by atoms with E-state index in [4.69, 9.17) is 19.0 Å². The van der Waals surface area contributed by atoms with Crippen molar-refractivity contribution in [3.63, 3.8) is 0 Å². The summed E-state index contributed by atoms with van der Waals surface area (Å²) < 4.78 is 22.7. The molecule has 1 fully saturated rings. The van der Waals surface area contributed by atoms with E-state index in [0.717, 1.165) is 12.8 Å². The average molecular weight is 491 g/mol. The largest absolute Gasteiger partial charge is 0.369 e. The number of hydrogen-bond acceptors (Lipinski definition) is 9.